The normalized spacial score (nSPS) is 25.1. The third-order valence-corrected chi connectivity index (χ3v) is 6.46. The molecule has 118 valence electrons. The molecule has 0 saturated carbocycles. The van der Waals surface area contributed by atoms with Crippen LogP contribution in [0.3, 0.4) is 0 Å². The average Bonchev–Trinajstić information content (AvgIpc) is 2.92. The van der Waals surface area contributed by atoms with E-state index in [4.69, 9.17) is 27.9 Å². The minimum Gasteiger partial charge on any atom is -0.377 e. The van der Waals surface area contributed by atoms with Gasteiger partial charge in [-0.1, -0.05) is 18.2 Å². The summed E-state index contributed by atoms with van der Waals surface area (Å²) in [6.07, 6.45) is -0.213. The van der Waals surface area contributed by atoms with Gasteiger partial charge in [0.15, 0.2) is 0 Å². The maximum Gasteiger partial charge on any atom is 0.243 e. The molecular weight excluding hydrogens is 333 g/mol. The monoisotopic (exact) mass is 351 g/mol. The minimum atomic E-state index is -3.51. The Morgan fingerprint density at radius 1 is 1.33 bits per heavy atom. The van der Waals surface area contributed by atoms with E-state index >= 15 is 0 Å². The first-order valence-corrected chi connectivity index (χ1v) is 9.28. The van der Waals surface area contributed by atoms with Gasteiger partial charge in [0.1, 0.15) is 0 Å². The second-order valence-electron chi connectivity index (χ2n) is 4.96. The Labute approximate surface area is 136 Å². The average molecular weight is 352 g/mol. The van der Waals surface area contributed by atoms with Crippen LogP contribution in [0.25, 0.3) is 0 Å². The van der Waals surface area contributed by atoms with Crippen LogP contribution in [0.5, 0.6) is 0 Å². The highest BCUT2D eigenvalue weighted by atomic mass is 35.5. The van der Waals surface area contributed by atoms with Crippen molar-refractivity contribution in [2.45, 2.75) is 23.3 Å². The Kier molecular flexibility index (Phi) is 5.91. The molecular formula is C14H19Cl2NO3S. The largest absolute Gasteiger partial charge is 0.377 e. The lowest BCUT2D eigenvalue weighted by atomic mass is 10.0. The van der Waals surface area contributed by atoms with E-state index in [1.807, 2.05) is 6.92 Å². The molecule has 1 aliphatic heterocycles. The van der Waals surface area contributed by atoms with Crippen LogP contribution in [0.1, 0.15) is 6.92 Å². The van der Waals surface area contributed by atoms with Crippen LogP contribution in [-0.2, 0) is 14.8 Å². The summed E-state index contributed by atoms with van der Waals surface area (Å²) in [6, 6.07) is 8.40. The molecule has 0 amide bonds. The number of hydrogen-bond donors (Lipinski definition) is 0. The summed E-state index contributed by atoms with van der Waals surface area (Å²) in [7, 11) is -3.51. The second kappa shape index (κ2) is 7.29. The smallest absolute Gasteiger partial charge is 0.243 e. The molecule has 0 aromatic heterocycles. The van der Waals surface area contributed by atoms with Gasteiger partial charge in [0.05, 0.1) is 16.4 Å². The Balaban J connectivity index is 2.22. The predicted molar refractivity (Wildman–Crippen MR) is 84.5 cm³/mol. The molecule has 0 radical (unpaired) electrons. The molecule has 7 heteroatoms. The van der Waals surface area contributed by atoms with Gasteiger partial charge >= 0.3 is 0 Å². The van der Waals surface area contributed by atoms with Crippen LogP contribution in [0.15, 0.2) is 35.2 Å². The number of alkyl halides is 2. The van der Waals surface area contributed by atoms with Gasteiger partial charge < -0.3 is 4.74 Å². The van der Waals surface area contributed by atoms with Crippen molar-refractivity contribution in [1.82, 2.24) is 4.31 Å². The Bertz CT molecular complexity index is 553. The van der Waals surface area contributed by atoms with E-state index < -0.39 is 10.0 Å². The maximum absolute atomic E-state index is 12.6. The fourth-order valence-electron chi connectivity index (χ4n) is 2.55. The summed E-state index contributed by atoms with van der Waals surface area (Å²) in [4.78, 5) is 0.290. The van der Waals surface area contributed by atoms with Gasteiger partial charge in [-0.2, -0.15) is 4.31 Å². The van der Waals surface area contributed by atoms with Crippen molar-refractivity contribution in [1.29, 1.82) is 0 Å². The van der Waals surface area contributed by atoms with Crippen LogP contribution in [0.2, 0.25) is 0 Å². The van der Waals surface area contributed by atoms with E-state index in [2.05, 4.69) is 0 Å². The molecule has 1 saturated heterocycles. The highest BCUT2D eigenvalue weighted by Crippen LogP contribution is 2.31. The first-order chi connectivity index (χ1) is 10.0. The molecule has 3 atom stereocenters. The molecule has 1 heterocycles. The van der Waals surface area contributed by atoms with Gasteiger partial charge in [0.25, 0.3) is 0 Å². The number of sulfonamides is 1. The zero-order chi connectivity index (χ0) is 15.5. The number of nitrogens with zero attached hydrogens (tertiary/aromatic N) is 1. The van der Waals surface area contributed by atoms with Crippen LogP contribution < -0.4 is 0 Å². The van der Waals surface area contributed by atoms with E-state index in [0.717, 1.165) is 0 Å². The standard InChI is InChI=1S/C14H19Cl2NO3S/c1-2-20-14-10-17(9-12(14)13(16)8-15)21(18,19)11-6-4-3-5-7-11/h3-7,12-14H,2,8-10H2,1H3. The molecule has 0 bridgehead atoms. The van der Waals surface area contributed by atoms with Gasteiger partial charge in [0, 0.05) is 31.5 Å². The highest BCUT2D eigenvalue weighted by molar-refractivity contribution is 7.89. The summed E-state index contributed by atoms with van der Waals surface area (Å²) in [5.74, 6) is 0.178. The van der Waals surface area contributed by atoms with Gasteiger partial charge in [-0.05, 0) is 19.1 Å². The summed E-state index contributed by atoms with van der Waals surface area (Å²) in [5, 5.41) is -0.306. The SMILES string of the molecule is CCOC1CN(S(=O)(=O)c2ccccc2)CC1C(Cl)CCl. The van der Waals surface area contributed by atoms with Gasteiger partial charge in [-0.3, -0.25) is 0 Å². The molecule has 0 spiro atoms. The number of benzene rings is 1. The molecule has 1 fully saturated rings. The van der Waals surface area contributed by atoms with Crippen LogP contribution in [0, 0.1) is 5.92 Å². The molecule has 1 aromatic rings. The third-order valence-electron chi connectivity index (χ3n) is 3.65. The topological polar surface area (TPSA) is 46.6 Å². The second-order valence-corrected chi connectivity index (χ2v) is 7.77. The van der Waals surface area contributed by atoms with E-state index in [1.165, 1.54) is 4.31 Å². The fraction of sp³-hybridized carbons (Fsp3) is 0.571. The van der Waals surface area contributed by atoms with Crippen molar-refractivity contribution in [3.05, 3.63) is 30.3 Å². The third kappa shape index (κ3) is 3.71. The van der Waals surface area contributed by atoms with E-state index in [0.29, 0.717) is 19.7 Å². The Morgan fingerprint density at radius 3 is 2.57 bits per heavy atom. The lowest BCUT2D eigenvalue weighted by Gasteiger charge is -2.21. The number of hydrogen-bond acceptors (Lipinski definition) is 3. The first kappa shape index (κ1) is 17.0. The molecule has 1 aliphatic rings. The molecule has 4 nitrogen and oxygen atoms in total. The van der Waals surface area contributed by atoms with Crippen LogP contribution >= 0.6 is 23.2 Å². The number of ether oxygens (including phenoxy) is 1. The van der Waals surface area contributed by atoms with Crippen LogP contribution in [-0.4, -0.2) is 49.8 Å². The minimum absolute atomic E-state index is 0.0948. The number of rotatable bonds is 6. The summed E-state index contributed by atoms with van der Waals surface area (Å²) < 4.78 is 32.4. The van der Waals surface area contributed by atoms with Crippen molar-refractivity contribution in [3.63, 3.8) is 0 Å². The summed E-state index contributed by atoms with van der Waals surface area (Å²) in [6.45, 7) is 3.06. The molecule has 1 aromatic carbocycles. The quantitative estimate of drug-likeness (QED) is 0.740. The molecule has 0 N–H and O–H groups in total. The summed E-state index contributed by atoms with van der Waals surface area (Å²) in [5.41, 5.74) is 0. The van der Waals surface area contributed by atoms with Crippen molar-refractivity contribution in [2.24, 2.45) is 5.92 Å². The van der Waals surface area contributed by atoms with Gasteiger partial charge in [-0.25, -0.2) is 8.42 Å². The van der Waals surface area contributed by atoms with Crippen molar-refractivity contribution in [3.8, 4) is 0 Å². The van der Waals surface area contributed by atoms with E-state index in [1.54, 1.807) is 30.3 Å². The molecule has 3 unspecified atom stereocenters. The maximum atomic E-state index is 12.6. The van der Waals surface area contributed by atoms with Crippen LogP contribution in [0.4, 0.5) is 0 Å². The number of halogens is 2. The molecule has 21 heavy (non-hydrogen) atoms. The van der Waals surface area contributed by atoms with Crippen molar-refractivity contribution < 1.29 is 13.2 Å². The van der Waals surface area contributed by atoms with E-state index in [9.17, 15) is 8.42 Å². The first-order valence-electron chi connectivity index (χ1n) is 6.87. The van der Waals surface area contributed by atoms with Gasteiger partial charge in [0.2, 0.25) is 10.0 Å². The van der Waals surface area contributed by atoms with E-state index in [-0.39, 0.29) is 28.2 Å². The Morgan fingerprint density at radius 2 is 2.00 bits per heavy atom. The predicted octanol–water partition coefficient (Wildman–Crippen LogP) is 2.56. The zero-order valence-electron chi connectivity index (χ0n) is 11.8. The van der Waals surface area contributed by atoms with Crippen molar-refractivity contribution >= 4 is 33.2 Å². The highest BCUT2D eigenvalue weighted by Gasteiger charge is 2.42. The van der Waals surface area contributed by atoms with Crippen molar-refractivity contribution in [2.75, 3.05) is 25.6 Å². The lowest BCUT2D eigenvalue weighted by molar-refractivity contribution is 0.0453. The lowest BCUT2D eigenvalue weighted by Crippen LogP contribution is -2.30. The Hall–Kier alpha value is -0.330. The molecule has 0 aliphatic carbocycles. The zero-order valence-corrected chi connectivity index (χ0v) is 14.1. The summed E-state index contributed by atoms with van der Waals surface area (Å²) >= 11 is 12.1. The molecule has 2 rings (SSSR count). The van der Waals surface area contributed by atoms with Gasteiger partial charge in [-0.15, -0.1) is 23.2 Å². The fourth-order valence-corrected chi connectivity index (χ4v) is 4.53.